The fourth-order valence-electron chi connectivity index (χ4n) is 2.42. The van der Waals surface area contributed by atoms with E-state index in [2.05, 4.69) is 31.2 Å². The molecule has 0 heterocycles. The van der Waals surface area contributed by atoms with E-state index in [0.717, 1.165) is 12.0 Å². The summed E-state index contributed by atoms with van der Waals surface area (Å²) < 4.78 is 0. The first-order chi connectivity index (χ1) is 10.7. The Bertz CT molecular complexity index is 584. The highest BCUT2D eigenvalue weighted by Gasteiger charge is 2.13. The van der Waals surface area contributed by atoms with Crippen LogP contribution >= 0.6 is 12.4 Å². The molecule has 23 heavy (non-hydrogen) atoms. The summed E-state index contributed by atoms with van der Waals surface area (Å²) in [6.45, 7) is 3.78. The molecule has 0 spiro atoms. The van der Waals surface area contributed by atoms with Crippen LogP contribution in [0, 0.1) is 6.92 Å². The first kappa shape index (κ1) is 19.2. The topological polar surface area (TPSA) is 46.3 Å². The molecule has 4 heteroatoms. The van der Waals surface area contributed by atoms with Crippen LogP contribution < -0.4 is 5.73 Å². The molecule has 2 N–H and O–H groups in total. The molecule has 0 atom stereocenters. The van der Waals surface area contributed by atoms with E-state index >= 15 is 0 Å². The molecule has 0 aliphatic carbocycles. The molecular weight excluding hydrogens is 308 g/mol. The predicted octanol–water partition coefficient (Wildman–Crippen LogP) is 3.34. The summed E-state index contributed by atoms with van der Waals surface area (Å²) in [7, 11) is 0. The summed E-state index contributed by atoms with van der Waals surface area (Å²) in [5, 5.41) is 0. The Morgan fingerprint density at radius 1 is 1.00 bits per heavy atom. The van der Waals surface area contributed by atoms with E-state index in [1.807, 2.05) is 35.2 Å². The molecule has 0 aliphatic heterocycles. The zero-order valence-electron chi connectivity index (χ0n) is 13.6. The molecule has 1 amide bonds. The quantitative estimate of drug-likeness (QED) is 0.845. The highest BCUT2D eigenvalue weighted by molar-refractivity contribution is 5.85. The zero-order chi connectivity index (χ0) is 15.8. The van der Waals surface area contributed by atoms with Gasteiger partial charge in [0.25, 0.3) is 0 Å². The molecular formula is C19H25ClN2O. The van der Waals surface area contributed by atoms with Gasteiger partial charge in [-0.1, -0.05) is 60.2 Å². The average molecular weight is 333 g/mol. The molecule has 0 saturated carbocycles. The maximum absolute atomic E-state index is 12.4. The summed E-state index contributed by atoms with van der Waals surface area (Å²) in [6, 6.07) is 18.4. The van der Waals surface area contributed by atoms with Crippen LogP contribution in [0.5, 0.6) is 0 Å². The zero-order valence-corrected chi connectivity index (χ0v) is 14.4. The highest BCUT2D eigenvalue weighted by atomic mass is 35.5. The van der Waals surface area contributed by atoms with Gasteiger partial charge >= 0.3 is 0 Å². The summed E-state index contributed by atoms with van der Waals surface area (Å²) in [5.41, 5.74) is 9.23. The third kappa shape index (κ3) is 6.43. The Kier molecular flexibility index (Phi) is 8.38. The number of nitrogens with two attached hydrogens (primary N) is 1. The number of halogens is 1. The lowest BCUT2D eigenvalue weighted by Gasteiger charge is -2.22. The van der Waals surface area contributed by atoms with Crippen molar-refractivity contribution >= 4 is 18.3 Å². The lowest BCUT2D eigenvalue weighted by atomic mass is 10.1. The highest BCUT2D eigenvalue weighted by Crippen LogP contribution is 2.10. The first-order valence-electron chi connectivity index (χ1n) is 7.76. The smallest absolute Gasteiger partial charge is 0.223 e. The minimum Gasteiger partial charge on any atom is -0.337 e. The first-order valence-corrected chi connectivity index (χ1v) is 7.76. The largest absolute Gasteiger partial charge is 0.337 e. The number of carbonyl (C=O) groups excluding carboxylic acids is 1. The van der Waals surface area contributed by atoms with E-state index in [-0.39, 0.29) is 18.3 Å². The molecule has 3 nitrogen and oxygen atoms in total. The van der Waals surface area contributed by atoms with Crippen molar-refractivity contribution in [2.75, 3.05) is 13.1 Å². The molecule has 2 aromatic rings. The second-order valence-electron chi connectivity index (χ2n) is 5.58. The van der Waals surface area contributed by atoms with Crippen molar-refractivity contribution in [3.8, 4) is 0 Å². The fourth-order valence-corrected chi connectivity index (χ4v) is 2.42. The maximum Gasteiger partial charge on any atom is 0.223 e. The molecule has 2 aromatic carbocycles. The summed E-state index contributed by atoms with van der Waals surface area (Å²) in [6.07, 6.45) is 1.30. The van der Waals surface area contributed by atoms with Crippen molar-refractivity contribution in [2.45, 2.75) is 26.3 Å². The van der Waals surface area contributed by atoms with Gasteiger partial charge in [0.15, 0.2) is 0 Å². The van der Waals surface area contributed by atoms with E-state index in [1.54, 1.807) is 0 Å². The van der Waals surface area contributed by atoms with Crippen molar-refractivity contribution in [1.82, 2.24) is 4.90 Å². The number of nitrogens with zero attached hydrogens (tertiary/aromatic N) is 1. The van der Waals surface area contributed by atoms with E-state index < -0.39 is 0 Å². The molecule has 0 bridgehead atoms. The summed E-state index contributed by atoms with van der Waals surface area (Å²) >= 11 is 0. The number of hydrogen-bond donors (Lipinski definition) is 1. The number of carbonyl (C=O) groups is 1. The lowest BCUT2D eigenvalue weighted by molar-refractivity contribution is -0.131. The number of hydrogen-bond acceptors (Lipinski definition) is 2. The van der Waals surface area contributed by atoms with Crippen molar-refractivity contribution in [2.24, 2.45) is 5.73 Å². The predicted molar refractivity (Wildman–Crippen MR) is 97.7 cm³/mol. The van der Waals surface area contributed by atoms with Gasteiger partial charge < -0.3 is 10.6 Å². The van der Waals surface area contributed by atoms with Crippen molar-refractivity contribution in [1.29, 1.82) is 0 Å². The van der Waals surface area contributed by atoms with Crippen LogP contribution in [0.3, 0.4) is 0 Å². The van der Waals surface area contributed by atoms with Crippen LogP contribution in [0.1, 0.15) is 23.1 Å². The average Bonchev–Trinajstić information content (AvgIpc) is 2.54. The third-order valence-corrected chi connectivity index (χ3v) is 3.72. The summed E-state index contributed by atoms with van der Waals surface area (Å²) in [4.78, 5) is 14.3. The van der Waals surface area contributed by atoms with Crippen molar-refractivity contribution < 1.29 is 4.79 Å². The fraction of sp³-hybridized carbons (Fsp3) is 0.316. The minimum atomic E-state index is 0. The number of benzene rings is 2. The third-order valence-electron chi connectivity index (χ3n) is 3.72. The van der Waals surface area contributed by atoms with E-state index in [9.17, 15) is 4.79 Å². The number of aryl methyl sites for hydroxylation is 2. The Hall–Kier alpha value is -1.84. The lowest BCUT2D eigenvalue weighted by Crippen LogP contribution is -2.35. The van der Waals surface area contributed by atoms with Gasteiger partial charge in [0, 0.05) is 26.1 Å². The van der Waals surface area contributed by atoms with Gasteiger partial charge in [0.1, 0.15) is 0 Å². The Morgan fingerprint density at radius 3 is 2.26 bits per heavy atom. The summed E-state index contributed by atoms with van der Waals surface area (Å²) in [5.74, 6) is 0.162. The van der Waals surface area contributed by atoms with E-state index in [1.165, 1.54) is 11.1 Å². The second kappa shape index (κ2) is 10.0. The maximum atomic E-state index is 12.4. The molecule has 0 fully saturated rings. The Morgan fingerprint density at radius 2 is 1.65 bits per heavy atom. The van der Waals surface area contributed by atoms with Crippen molar-refractivity contribution in [3.63, 3.8) is 0 Å². The number of amides is 1. The van der Waals surface area contributed by atoms with E-state index in [0.29, 0.717) is 26.1 Å². The Labute approximate surface area is 144 Å². The van der Waals surface area contributed by atoms with Gasteiger partial charge in [0.2, 0.25) is 5.91 Å². The van der Waals surface area contributed by atoms with Gasteiger partial charge in [-0.05, 0) is 24.5 Å². The van der Waals surface area contributed by atoms with E-state index in [4.69, 9.17) is 5.73 Å². The Balaban J connectivity index is 0.00000264. The van der Waals surface area contributed by atoms with Crippen LogP contribution in [0.15, 0.2) is 54.6 Å². The van der Waals surface area contributed by atoms with Crippen molar-refractivity contribution in [3.05, 3.63) is 71.3 Å². The van der Waals surface area contributed by atoms with Crippen LogP contribution in [0.2, 0.25) is 0 Å². The monoisotopic (exact) mass is 332 g/mol. The normalized spacial score (nSPS) is 10.0. The van der Waals surface area contributed by atoms with Crippen LogP contribution in [0.4, 0.5) is 0 Å². The SMILES string of the molecule is Cc1ccc(CCC(=O)N(CCN)Cc2ccccc2)cc1.Cl. The molecule has 0 aromatic heterocycles. The minimum absolute atomic E-state index is 0. The van der Waals surface area contributed by atoms with Crippen LogP contribution in [0.25, 0.3) is 0 Å². The van der Waals surface area contributed by atoms with Gasteiger partial charge in [-0.3, -0.25) is 4.79 Å². The van der Waals surface area contributed by atoms with Gasteiger partial charge in [-0.15, -0.1) is 12.4 Å². The molecule has 2 rings (SSSR count). The molecule has 0 aliphatic rings. The van der Waals surface area contributed by atoms with Gasteiger partial charge in [-0.25, -0.2) is 0 Å². The molecule has 0 radical (unpaired) electrons. The van der Waals surface area contributed by atoms with Gasteiger partial charge in [-0.2, -0.15) is 0 Å². The number of rotatable bonds is 7. The second-order valence-corrected chi connectivity index (χ2v) is 5.58. The van der Waals surface area contributed by atoms with Crippen LogP contribution in [-0.4, -0.2) is 23.9 Å². The molecule has 124 valence electrons. The standard InChI is InChI=1S/C19H24N2O.ClH/c1-16-7-9-17(10-8-16)11-12-19(22)21(14-13-20)15-18-5-3-2-4-6-18;/h2-10H,11-15,20H2,1H3;1H. The molecule has 0 unspecified atom stereocenters. The van der Waals surface area contributed by atoms with Gasteiger partial charge in [0.05, 0.1) is 0 Å². The molecule has 0 saturated heterocycles. The van der Waals surface area contributed by atoms with Crippen LogP contribution in [-0.2, 0) is 17.8 Å².